The Morgan fingerprint density at radius 3 is 2.81 bits per heavy atom. The zero-order valence-electron chi connectivity index (χ0n) is 9.93. The Kier molecular flexibility index (Phi) is 4.58. The van der Waals surface area contributed by atoms with Gasteiger partial charge in [0, 0.05) is 19.8 Å². The van der Waals surface area contributed by atoms with Gasteiger partial charge in [-0.05, 0) is 25.1 Å². The maximum absolute atomic E-state index is 11.6. The molecular formula is C13H17NO2. The van der Waals surface area contributed by atoms with Gasteiger partial charge in [-0.3, -0.25) is 0 Å². The van der Waals surface area contributed by atoms with E-state index in [-0.39, 0.29) is 5.97 Å². The van der Waals surface area contributed by atoms with Gasteiger partial charge in [-0.25, -0.2) is 4.79 Å². The van der Waals surface area contributed by atoms with Gasteiger partial charge in [0.2, 0.25) is 0 Å². The number of carbonyl (C=O) groups excluding carboxylic acids is 1. The minimum atomic E-state index is -0.290. The van der Waals surface area contributed by atoms with E-state index in [9.17, 15) is 4.79 Å². The molecule has 0 N–H and O–H groups in total. The molecule has 0 bridgehead atoms. The molecule has 3 heteroatoms. The Hall–Kier alpha value is -1.77. The molecule has 0 unspecified atom stereocenters. The fraction of sp³-hybridized carbons (Fsp3) is 0.308. The number of anilines is 1. The molecule has 0 aliphatic heterocycles. The van der Waals surface area contributed by atoms with Crippen LogP contribution < -0.4 is 4.90 Å². The molecule has 0 aromatic heterocycles. The summed E-state index contributed by atoms with van der Waals surface area (Å²) in [5.74, 6) is -0.290. The number of ether oxygens (including phenoxy) is 1. The molecule has 3 nitrogen and oxygen atoms in total. The van der Waals surface area contributed by atoms with Crippen molar-refractivity contribution < 1.29 is 9.53 Å². The van der Waals surface area contributed by atoms with Gasteiger partial charge < -0.3 is 9.64 Å². The lowest BCUT2D eigenvalue weighted by molar-refractivity contribution is 0.0549. The number of allylic oxidation sites excluding steroid dienone is 1. The quantitative estimate of drug-likeness (QED) is 0.575. The molecular weight excluding hydrogens is 202 g/mol. The summed E-state index contributed by atoms with van der Waals surface area (Å²) in [6, 6.07) is 7.37. The second kappa shape index (κ2) is 5.95. The molecule has 0 radical (unpaired) electrons. The van der Waals surface area contributed by atoms with E-state index in [1.807, 2.05) is 50.2 Å². The van der Waals surface area contributed by atoms with Crippen molar-refractivity contribution in [2.45, 2.75) is 6.92 Å². The van der Waals surface area contributed by atoms with E-state index in [1.165, 1.54) is 0 Å². The molecule has 1 aromatic carbocycles. The number of nitrogens with zero attached hydrogens (tertiary/aromatic N) is 1. The smallest absolute Gasteiger partial charge is 0.338 e. The standard InChI is InChI=1S/C13H17NO2/c1-4-5-9-16-13(15)11-7-6-8-12(10-11)14(2)3/h4-8,10H,9H2,1-3H3/b5-4+. The van der Waals surface area contributed by atoms with Crippen LogP contribution in [-0.4, -0.2) is 26.7 Å². The van der Waals surface area contributed by atoms with Crippen LogP contribution in [0.15, 0.2) is 36.4 Å². The second-order valence-corrected chi connectivity index (χ2v) is 3.61. The maximum Gasteiger partial charge on any atom is 0.338 e. The molecule has 0 atom stereocenters. The molecule has 86 valence electrons. The normalized spacial score (nSPS) is 10.4. The van der Waals surface area contributed by atoms with Crippen LogP contribution in [-0.2, 0) is 4.74 Å². The van der Waals surface area contributed by atoms with E-state index in [1.54, 1.807) is 12.1 Å². The number of hydrogen-bond acceptors (Lipinski definition) is 3. The van der Waals surface area contributed by atoms with E-state index in [2.05, 4.69) is 0 Å². The predicted octanol–water partition coefficient (Wildman–Crippen LogP) is 2.49. The summed E-state index contributed by atoms with van der Waals surface area (Å²) in [6.07, 6.45) is 3.65. The van der Waals surface area contributed by atoms with Crippen molar-refractivity contribution in [3.05, 3.63) is 42.0 Å². The molecule has 1 rings (SSSR count). The zero-order valence-corrected chi connectivity index (χ0v) is 9.93. The van der Waals surface area contributed by atoms with E-state index < -0.39 is 0 Å². The van der Waals surface area contributed by atoms with Crippen molar-refractivity contribution in [2.75, 3.05) is 25.6 Å². The number of rotatable bonds is 4. The summed E-state index contributed by atoms with van der Waals surface area (Å²) in [5.41, 5.74) is 1.57. The summed E-state index contributed by atoms with van der Waals surface area (Å²) >= 11 is 0. The highest BCUT2D eigenvalue weighted by Gasteiger charge is 2.07. The van der Waals surface area contributed by atoms with E-state index in [0.29, 0.717) is 12.2 Å². The van der Waals surface area contributed by atoms with Gasteiger partial charge in [0.25, 0.3) is 0 Å². The average molecular weight is 219 g/mol. The summed E-state index contributed by atoms with van der Waals surface area (Å²) < 4.78 is 5.06. The Bertz CT molecular complexity index is 383. The summed E-state index contributed by atoms with van der Waals surface area (Å²) in [7, 11) is 3.87. The maximum atomic E-state index is 11.6. The first-order valence-corrected chi connectivity index (χ1v) is 5.21. The average Bonchev–Trinajstić information content (AvgIpc) is 2.29. The summed E-state index contributed by atoms with van der Waals surface area (Å²) in [4.78, 5) is 13.6. The Labute approximate surface area is 96.3 Å². The van der Waals surface area contributed by atoms with Crippen LogP contribution in [0, 0.1) is 0 Å². The van der Waals surface area contributed by atoms with Crippen LogP contribution in [0.25, 0.3) is 0 Å². The fourth-order valence-corrected chi connectivity index (χ4v) is 1.21. The van der Waals surface area contributed by atoms with Crippen LogP contribution >= 0.6 is 0 Å². The monoisotopic (exact) mass is 219 g/mol. The van der Waals surface area contributed by atoms with E-state index >= 15 is 0 Å². The molecule has 16 heavy (non-hydrogen) atoms. The molecule has 0 spiro atoms. The molecule has 1 aromatic rings. The van der Waals surface area contributed by atoms with Crippen molar-refractivity contribution in [2.24, 2.45) is 0 Å². The minimum Gasteiger partial charge on any atom is -0.458 e. The Morgan fingerprint density at radius 1 is 1.44 bits per heavy atom. The fourth-order valence-electron chi connectivity index (χ4n) is 1.21. The Morgan fingerprint density at radius 2 is 2.19 bits per heavy atom. The van der Waals surface area contributed by atoms with Crippen LogP contribution in [0.3, 0.4) is 0 Å². The van der Waals surface area contributed by atoms with Gasteiger partial charge in [0.05, 0.1) is 5.56 Å². The van der Waals surface area contributed by atoms with Gasteiger partial charge in [0.1, 0.15) is 6.61 Å². The second-order valence-electron chi connectivity index (χ2n) is 3.61. The first-order chi connectivity index (χ1) is 7.65. The molecule has 0 fully saturated rings. The Balaban J connectivity index is 2.72. The lowest BCUT2D eigenvalue weighted by Crippen LogP contribution is -2.10. The van der Waals surface area contributed by atoms with Gasteiger partial charge in [-0.1, -0.05) is 18.2 Å². The molecule has 0 aliphatic rings. The highest BCUT2D eigenvalue weighted by molar-refractivity contribution is 5.90. The summed E-state index contributed by atoms with van der Waals surface area (Å²) in [5, 5.41) is 0. The van der Waals surface area contributed by atoms with Crippen molar-refractivity contribution in [3.63, 3.8) is 0 Å². The third kappa shape index (κ3) is 3.42. The van der Waals surface area contributed by atoms with Gasteiger partial charge in [-0.2, -0.15) is 0 Å². The van der Waals surface area contributed by atoms with Crippen LogP contribution in [0.4, 0.5) is 5.69 Å². The highest BCUT2D eigenvalue weighted by atomic mass is 16.5. The number of esters is 1. The van der Waals surface area contributed by atoms with Gasteiger partial charge in [-0.15, -0.1) is 0 Å². The largest absolute Gasteiger partial charge is 0.458 e. The molecule has 0 saturated heterocycles. The lowest BCUT2D eigenvalue weighted by Gasteiger charge is -2.12. The van der Waals surface area contributed by atoms with Crippen molar-refractivity contribution >= 4 is 11.7 Å². The number of hydrogen-bond donors (Lipinski definition) is 0. The third-order valence-electron chi connectivity index (χ3n) is 2.14. The highest BCUT2D eigenvalue weighted by Crippen LogP contribution is 2.14. The first-order valence-electron chi connectivity index (χ1n) is 5.21. The lowest BCUT2D eigenvalue weighted by atomic mass is 10.2. The van der Waals surface area contributed by atoms with E-state index in [0.717, 1.165) is 5.69 Å². The minimum absolute atomic E-state index is 0.290. The van der Waals surface area contributed by atoms with Crippen LogP contribution in [0.1, 0.15) is 17.3 Å². The summed E-state index contributed by atoms with van der Waals surface area (Å²) in [6.45, 7) is 2.21. The van der Waals surface area contributed by atoms with Crippen molar-refractivity contribution in [1.82, 2.24) is 0 Å². The predicted molar refractivity (Wildman–Crippen MR) is 65.9 cm³/mol. The van der Waals surface area contributed by atoms with Crippen LogP contribution in [0.2, 0.25) is 0 Å². The SMILES string of the molecule is C/C=C/COC(=O)c1cccc(N(C)C)c1. The molecule has 0 heterocycles. The first kappa shape index (κ1) is 12.3. The van der Waals surface area contributed by atoms with Gasteiger partial charge >= 0.3 is 5.97 Å². The van der Waals surface area contributed by atoms with Gasteiger partial charge in [0.15, 0.2) is 0 Å². The van der Waals surface area contributed by atoms with Crippen LogP contribution in [0.5, 0.6) is 0 Å². The zero-order chi connectivity index (χ0) is 12.0. The third-order valence-corrected chi connectivity index (χ3v) is 2.14. The van der Waals surface area contributed by atoms with E-state index in [4.69, 9.17) is 4.74 Å². The molecule has 0 amide bonds. The number of benzene rings is 1. The number of carbonyl (C=O) groups is 1. The molecule has 0 aliphatic carbocycles. The topological polar surface area (TPSA) is 29.5 Å². The van der Waals surface area contributed by atoms with Crippen molar-refractivity contribution in [3.8, 4) is 0 Å². The van der Waals surface area contributed by atoms with Crippen molar-refractivity contribution in [1.29, 1.82) is 0 Å². The molecule has 0 saturated carbocycles.